The Labute approximate surface area is 148 Å². The van der Waals surface area contributed by atoms with Crippen molar-refractivity contribution in [2.75, 3.05) is 26.4 Å². The average Bonchev–Trinajstić information content (AvgIpc) is 2.50. The highest BCUT2D eigenvalue weighted by atomic mass is 35.5. The molecule has 0 saturated heterocycles. The first-order valence-corrected chi connectivity index (χ1v) is 11.5. The van der Waals surface area contributed by atoms with Gasteiger partial charge in [-0.2, -0.15) is 0 Å². The molecular weight excluding hydrogens is 374 g/mol. The summed E-state index contributed by atoms with van der Waals surface area (Å²) >= 11 is 5.93. The predicted molar refractivity (Wildman–Crippen MR) is 95.9 cm³/mol. The lowest BCUT2D eigenvalue weighted by molar-refractivity contribution is 0.195. The van der Waals surface area contributed by atoms with Gasteiger partial charge in [0.1, 0.15) is 0 Å². The van der Waals surface area contributed by atoms with Crippen molar-refractivity contribution in [1.29, 1.82) is 0 Å². The minimum Gasteiger partial charge on any atom is -0.308 e. The Morgan fingerprint density at radius 2 is 1.12 bits per heavy atom. The SMILES string of the molecule is CCOP(=O)(OCC)C(c1ccc(Cl)cc1)P(=O)(OCC)OCC. The van der Waals surface area contributed by atoms with Crippen LogP contribution in [-0.4, -0.2) is 26.4 Å². The molecule has 24 heavy (non-hydrogen) atoms. The standard InChI is InChI=1S/C15H25ClO6P2/c1-5-19-23(17,20-6-2)15(13-9-11-14(16)12-10-13)24(18,21-7-3)22-8-4/h9-12,15H,5-8H2,1-4H3. The van der Waals surface area contributed by atoms with Gasteiger partial charge < -0.3 is 18.1 Å². The van der Waals surface area contributed by atoms with E-state index >= 15 is 0 Å². The molecule has 0 aliphatic carbocycles. The number of benzene rings is 1. The molecule has 138 valence electrons. The Kier molecular flexibility index (Phi) is 9.18. The molecule has 0 bridgehead atoms. The Hall–Kier alpha value is -0.190. The molecule has 6 nitrogen and oxygen atoms in total. The number of halogens is 1. The van der Waals surface area contributed by atoms with E-state index in [2.05, 4.69) is 0 Å². The van der Waals surface area contributed by atoms with Gasteiger partial charge in [-0.15, -0.1) is 0 Å². The third-order valence-electron chi connectivity index (χ3n) is 3.00. The molecule has 1 aromatic rings. The van der Waals surface area contributed by atoms with E-state index in [-0.39, 0.29) is 26.4 Å². The first-order chi connectivity index (χ1) is 11.4. The molecule has 0 atom stereocenters. The van der Waals surface area contributed by atoms with Crippen LogP contribution >= 0.6 is 26.8 Å². The van der Waals surface area contributed by atoms with E-state index in [0.29, 0.717) is 10.6 Å². The van der Waals surface area contributed by atoms with Crippen LogP contribution in [0.4, 0.5) is 0 Å². The van der Waals surface area contributed by atoms with Crippen LogP contribution in [0.3, 0.4) is 0 Å². The van der Waals surface area contributed by atoms with E-state index in [4.69, 9.17) is 29.7 Å². The molecule has 0 saturated carbocycles. The van der Waals surface area contributed by atoms with Crippen molar-refractivity contribution in [3.05, 3.63) is 34.9 Å². The molecule has 0 radical (unpaired) electrons. The Balaban J connectivity index is 3.51. The van der Waals surface area contributed by atoms with Crippen molar-refractivity contribution in [2.45, 2.75) is 33.1 Å². The fourth-order valence-corrected chi connectivity index (χ4v) is 7.79. The minimum atomic E-state index is -3.80. The van der Waals surface area contributed by atoms with Crippen LogP contribution in [0, 0.1) is 0 Å². The number of rotatable bonds is 11. The summed E-state index contributed by atoms with van der Waals surface area (Å²) in [6.45, 7) is 7.32. The second kappa shape index (κ2) is 10.1. The predicted octanol–water partition coefficient (Wildman–Crippen LogP) is 5.87. The molecule has 0 aliphatic rings. The van der Waals surface area contributed by atoms with Crippen molar-refractivity contribution in [2.24, 2.45) is 0 Å². The van der Waals surface area contributed by atoms with Crippen LogP contribution in [-0.2, 0) is 27.2 Å². The fraction of sp³-hybridized carbons (Fsp3) is 0.600. The molecule has 0 fully saturated rings. The maximum absolute atomic E-state index is 13.4. The van der Waals surface area contributed by atoms with E-state index in [9.17, 15) is 9.13 Å². The lowest BCUT2D eigenvalue weighted by Crippen LogP contribution is -2.11. The third kappa shape index (κ3) is 5.40. The number of hydrogen-bond acceptors (Lipinski definition) is 6. The molecule has 0 spiro atoms. The number of hydrogen-bond donors (Lipinski definition) is 0. The van der Waals surface area contributed by atoms with Crippen LogP contribution < -0.4 is 0 Å². The van der Waals surface area contributed by atoms with E-state index in [1.54, 1.807) is 52.0 Å². The van der Waals surface area contributed by atoms with Crippen LogP contribution in [0.15, 0.2) is 24.3 Å². The van der Waals surface area contributed by atoms with Gasteiger partial charge in [-0.25, -0.2) is 0 Å². The smallest absolute Gasteiger partial charge is 0.308 e. The van der Waals surface area contributed by atoms with E-state index in [1.165, 1.54) is 0 Å². The maximum Gasteiger partial charge on any atom is 0.350 e. The Bertz CT molecular complexity index is 542. The van der Waals surface area contributed by atoms with Crippen molar-refractivity contribution < 1.29 is 27.2 Å². The highest BCUT2D eigenvalue weighted by Crippen LogP contribution is 2.78. The first kappa shape index (κ1) is 21.9. The highest BCUT2D eigenvalue weighted by molar-refractivity contribution is 7.72. The van der Waals surface area contributed by atoms with E-state index < -0.39 is 20.6 Å². The monoisotopic (exact) mass is 398 g/mol. The summed E-state index contributed by atoms with van der Waals surface area (Å²) in [6, 6.07) is 6.49. The van der Waals surface area contributed by atoms with Gasteiger partial charge in [0.05, 0.1) is 26.4 Å². The molecule has 0 heterocycles. The van der Waals surface area contributed by atoms with Gasteiger partial charge >= 0.3 is 15.2 Å². The molecule has 9 heteroatoms. The summed E-state index contributed by atoms with van der Waals surface area (Å²) in [7, 11) is -7.61. The summed E-state index contributed by atoms with van der Waals surface area (Å²) in [5.74, 6) is 0. The van der Waals surface area contributed by atoms with Gasteiger partial charge in [0.25, 0.3) is 0 Å². The Morgan fingerprint density at radius 3 is 1.42 bits per heavy atom. The van der Waals surface area contributed by atoms with Gasteiger partial charge in [-0.1, -0.05) is 23.7 Å². The third-order valence-corrected chi connectivity index (χ3v) is 9.22. The van der Waals surface area contributed by atoms with Crippen molar-refractivity contribution in [3.63, 3.8) is 0 Å². The summed E-state index contributed by atoms with van der Waals surface area (Å²) in [5.41, 5.74) is 0.467. The zero-order valence-electron chi connectivity index (χ0n) is 14.4. The second-order valence-electron chi connectivity index (χ2n) is 4.68. The van der Waals surface area contributed by atoms with Crippen LogP contribution in [0.5, 0.6) is 0 Å². The van der Waals surface area contributed by atoms with Gasteiger partial charge in [0, 0.05) is 5.02 Å². The summed E-state index contributed by atoms with van der Waals surface area (Å²) in [5, 5.41) is -0.676. The lowest BCUT2D eigenvalue weighted by atomic mass is 10.2. The maximum atomic E-state index is 13.4. The van der Waals surface area contributed by atoms with Crippen molar-refractivity contribution >= 4 is 26.8 Å². The normalized spacial score (nSPS) is 12.8. The molecule has 1 rings (SSSR count). The van der Waals surface area contributed by atoms with Crippen molar-refractivity contribution in [1.82, 2.24) is 0 Å². The van der Waals surface area contributed by atoms with Gasteiger partial charge in [-0.3, -0.25) is 9.13 Å². The van der Waals surface area contributed by atoms with Crippen molar-refractivity contribution in [3.8, 4) is 0 Å². The van der Waals surface area contributed by atoms with Gasteiger partial charge in [0.2, 0.25) is 0 Å². The Morgan fingerprint density at radius 1 is 0.792 bits per heavy atom. The zero-order valence-corrected chi connectivity index (χ0v) is 17.0. The molecule has 0 aliphatic heterocycles. The topological polar surface area (TPSA) is 71.1 Å². The summed E-state index contributed by atoms with van der Waals surface area (Å²) in [6.07, 6.45) is 0. The largest absolute Gasteiger partial charge is 0.350 e. The quantitative estimate of drug-likeness (QED) is 0.434. The van der Waals surface area contributed by atoms with Gasteiger partial charge in [0.15, 0.2) is 5.40 Å². The average molecular weight is 399 g/mol. The minimum absolute atomic E-state index is 0.139. The van der Waals surface area contributed by atoms with E-state index in [1.807, 2.05) is 0 Å². The highest BCUT2D eigenvalue weighted by Gasteiger charge is 2.51. The summed E-state index contributed by atoms with van der Waals surface area (Å²) in [4.78, 5) is 0. The molecule has 1 aromatic carbocycles. The van der Waals surface area contributed by atoms with Crippen LogP contribution in [0.1, 0.15) is 38.7 Å². The lowest BCUT2D eigenvalue weighted by Gasteiger charge is -2.31. The molecule has 0 unspecified atom stereocenters. The van der Waals surface area contributed by atoms with Gasteiger partial charge in [-0.05, 0) is 45.4 Å². The van der Waals surface area contributed by atoms with Crippen LogP contribution in [0.2, 0.25) is 5.02 Å². The molecule has 0 aromatic heterocycles. The summed E-state index contributed by atoms with van der Waals surface area (Å²) < 4.78 is 48.5. The molecule has 0 amide bonds. The first-order valence-electron chi connectivity index (χ1n) is 7.89. The van der Waals surface area contributed by atoms with E-state index in [0.717, 1.165) is 0 Å². The fourth-order valence-electron chi connectivity index (χ4n) is 2.25. The molecular formula is C15H25ClO6P2. The molecule has 0 N–H and O–H groups in total. The second-order valence-corrected chi connectivity index (χ2v) is 9.74. The zero-order chi connectivity index (χ0) is 18.2. The van der Waals surface area contributed by atoms with Crippen LogP contribution in [0.25, 0.3) is 0 Å².